The Morgan fingerprint density at radius 3 is 1.85 bits per heavy atom. The molecule has 0 N–H and O–H groups in total. The third kappa shape index (κ3) is 4.22. The second-order valence-corrected chi connectivity index (χ2v) is 10.1. The van der Waals surface area contributed by atoms with Crippen LogP contribution < -0.4 is 5.01 Å². The highest BCUT2D eigenvalue weighted by Crippen LogP contribution is 2.32. The summed E-state index contributed by atoms with van der Waals surface area (Å²) >= 11 is 0. The van der Waals surface area contributed by atoms with Crippen LogP contribution >= 0.6 is 0 Å². The fraction of sp³-hybridized carbons (Fsp3) is 0.0833. The lowest BCUT2D eigenvalue weighted by atomic mass is 10.1. The van der Waals surface area contributed by atoms with Crippen LogP contribution in [0.3, 0.4) is 0 Å². The molecule has 39 heavy (non-hydrogen) atoms. The summed E-state index contributed by atoms with van der Waals surface area (Å²) in [5.74, 6) is 0. The molecule has 0 saturated carbocycles. The number of hydrogen-bond donors (Lipinski definition) is 0. The average molecular weight is 504 g/mol. The number of fused-ring (bicyclic) bond motifs is 5. The van der Waals surface area contributed by atoms with E-state index in [0.29, 0.717) is 0 Å². The first-order chi connectivity index (χ1) is 19.3. The summed E-state index contributed by atoms with van der Waals surface area (Å²) in [5.41, 5.74) is 5.70. The van der Waals surface area contributed by atoms with Crippen LogP contribution in [0.4, 0.5) is 11.4 Å². The van der Waals surface area contributed by atoms with Crippen LogP contribution in [0.15, 0.2) is 132 Å². The normalized spacial score (nSPS) is 11.8. The number of nitrogens with zero attached hydrogens (tertiary/aromatic N) is 3. The summed E-state index contributed by atoms with van der Waals surface area (Å²) in [6.45, 7) is 3.24. The Hall–Kier alpha value is -4.89. The van der Waals surface area contributed by atoms with Crippen molar-refractivity contribution in [2.75, 3.05) is 5.01 Å². The molecule has 1 heterocycles. The molecule has 0 aliphatic carbocycles. The molecule has 0 aliphatic heterocycles. The molecule has 7 aromatic rings. The minimum Gasteiger partial charge on any atom is -0.340 e. The molecule has 0 aliphatic rings. The van der Waals surface area contributed by atoms with Gasteiger partial charge in [-0.15, -0.1) is 0 Å². The Kier molecular flexibility index (Phi) is 5.82. The highest BCUT2D eigenvalue weighted by molar-refractivity contribution is 6.09. The SMILES string of the molecule is CCCn1c2ccccc2c2cc(C=NN(c3ccc4ccccc4c3)c3ccc4ccccc4c3)ccc21. The van der Waals surface area contributed by atoms with E-state index in [2.05, 4.69) is 139 Å². The Labute approximate surface area is 228 Å². The van der Waals surface area contributed by atoms with E-state index in [1.165, 1.54) is 43.4 Å². The summed E-state index contributed by atoms with van der Waals surface area (Å²) in [5, 5.41) is 14.5. The maximum absolute atomic E-state index is 5.08. The maximum Gasteiger partial charge on any atom is 0.0659 e. The summed E-state index contributed by atoms with van der Waals surface area (Å²) in [6, 6.07) is 45.4. The largest absolute Gasteiger partial charge is 0.340 e. The summed E-state index contributed by atoms with van der Waals surface area (Å²) in [7, 11) is 0. The number of aromatic nitrogens is 1. The Balaban J connectivity index is 1.35. The van der Waals surface area contributed by atoms with Gasteiger partial charge in [0.05, 0.1) is 17.6 Å². The number of benzene rings is 6. The molecule has 0 radical (unpaired) electrons. The van der Waals surface area contributed by atoms with E-state index < -0.39 is 0 Å². The molecular weight excluding hydrogens is 474 g/mol. The molecule has 0 atom stereocenters. The van der Waals surface area contributed by atoms with E-state index in [1.807, 2.05) is 11.2 Å². The molecule has 0 unspecified atom stereocenters. The van der Waals surface area contributed by atoms with E-state index in [-0.39, 0.29) is 0 Å². The summed E-state index contributed by atoms with van der Waals surface area (Å²) in [4.78, 5) is 0. The van der Waals surface area contributed by atoms with Gasteiger partial charge in [-0.25, -0.2) is 5.01 Å². The standard InChI is InChI=1S/C36H29N3/c1-2-21-38-35-14-8-7-13-33(35)34-22-26(15-20-36(34)38)25-37-39(31-18-16-27-9-3-5-11-29(27)23-31)32-19-17-28-10-4-6-12-30(28)24-32/h3-20,22-25H,2,21H2,1H3. The van der Waals surface area contributed by atoms with Crippen LogP contribution in [-0.4, -0.2) is 10.8 Å². The third-order valence-electron chi connectivity index (χ3n) is 7.52. The molecule has 6 aromatic carbocycles. The minimum absolute atomic E-state index is 1.01. The lowest BCUT2D eigenvalue weighted by Crippen LogP contribution is -2.09. The number of rotatable bonds is 6. The van der Waals surface area contributed by atoms with Gasteiger partial charge in [-0.3, -0.25) is 0 Å². The Morgan fingerprint density at radius 2 is 1.18 bits per heavy atom. The van der Waals surface area contributed by atoms with Crippen molar-refractivity contribution in [1.82, 2.24) is 4.57 Å². The zero-order chi connectivity index (χ0) is 26.2. The first-order valence-corrected chi connectivity index (χ1v) is 13.6. The number of aryl methyl sites for hydroxylation is 1. The molecule has 7 rings (SSSR count). The highest BCUT2D eigenvalue weighted by Gasteiger charge is 2.12. The van der Waals surface area contributed by atoms with E-state index in [4.69, 9.17) is 5.10 Å². The van der Waals surface area contributed by atoms with E-state index >= 15 is 0 Å². The van der Waals surface area contributed by atoms with Crippen LogP contribution in [0.25, 0.3) is 43.4 Å². The zero-order valence-corrected chi connectivity index (χ0v) is 22.0. The highest BCUT2D eigenvalue weighted by atomic mass is 15.5. The van der Waals surface area contributed by atoms with Crippen molar-refractivity contribution in [3.8, 4) is 0 Å². The van der Waals surface area contributed by atoms with Gasteiger partial charge in [0.1, 0.15) is 0 Å². The first-order valence-electron chi connectivity index (χ1n) is 13.6. The van der Waals surface area contributed by atoms with Crippen LogP contribution in [0.1, 0.15) is 18.9 Å². The predicted octanol–water partition coefficient (Wildman–Crippen LogP) is 9.68. The molecule has 3 nitrogen and oxygen atoms in total. The molecule has 0 amide bonds. The topological polar surface area (TPSA) is 20.5 Å². The van der Waals surface area contributed by atoms with Gasteiger partial charge < -0.3 is 4.57 Å². The number of para-hydroxylation sites is 1. The first kappa shape index (κ1) is 23.2. The maximum atomic E-state index is 5.08. The van der Waals surface area contributed by atoms with Gasteiger partial charge in [-0.1, -0.05) is 91.9 Å². The zero-order valence-electron chi connectivity index (χ0n) is 22.0. The van der Waals surface area contributed by atoms with Gasteiger partial charge in [0.25, 0.3) is 0 Å². The van der Waals surface area contributed by atoms with Crippen molar-refractivity contribution in [3.63, 3.8) is 0 Å². The van der Waals surface area contributed by atoms with E-state index in [1.54, 1.807) is 0 Å². The monoisotopic (exact) mass is 503 g/mol. The summed E-state index contributed by atoms with van der Waals surface area (Å²) < 4.78 is 2.43. The van der Waals surface area contributed by atoms with Crippen LogP contribution in [-0.2, 0) is 6.54 Å². The van der Waals surface area contributed by atoms with Crippen LogP contribution in [0.2, 0.25) is 0 Å². The minimum atomic E-state index is 1.01. The van der Waals surface area contributed by atoms with Gasteiger partial charge in [0, 0.05) is 28.4 Å². The fourth-order valence-electron chi connectivity index (χ4n) is 5.64. The van der Waals surface area contributed by atoms with Crippen molar-refractivity contribution in [3.05, 3.63) is 133 Å². The Morgan fingerprint density at radius 1 is 0.590 bits per heavy atom. The van der Waals surface area contributed by atoms with Crippen molar-refractivity contribution in [2.45, 2.75) is 19.9 Å². The Bertz CT molecular complexity index is 1920. The quantitative estimate of drug-likeness (QED) is 0.163. The second kappa shape index (κ2) is 9.77. The van der Waals surface area contributed by atoms with Crippen molar-refractivity contribution in [1.29, 1.82) is 0 Å². The van der Waals surface area contributed by atoms with Crippen LogP contribution in [0.5, 0.6) is 0 Å². The van der Waals surface area contributed by atoms with Crippen LogP contribution in [0, 0.1) is 0 Å². The lowest BCUT2D eigenvalue weighted by molar-refractivity contribution is 0.724. The second-order valence-electron chi connectivity index (χ2n) is 10.1. The molecule has 0 fully saturated rings. The molecular formula is C36H29N3. The molecule has 1 aromatic heterocycles. The van der Waals surface area contributed by atoms with Gasteiger partial charge in [0.2, 0.25) is 0 Å². The lowest BCUT2D eigenvalue weighted by Gasteiger charge is -2.20. The van der Waals surface area contributed by atoms with Crippen molar-refractivity contribution >= 4 is 60.9 Å². The predicted molar refractivity (Wildman–Crippen MR) is 167 cm³/mol. The number of anilines is 2. The van der Waals surface area contributed by atoms with Crippen molar-refractivity contribution in [2.24, 2.45) is 5.10 Å². The van der Waals surface area contributed by atoms with Gasteiger partial charge in [-0.2, -0.15) is 5.10 Å². The molecule has 188 valence electrons. The fourth-order valence-corrected chi connectivity index (χ4v) is 5.64. The molecule has 0 bridgehead atoms. The summed E-state index contributed by atoms with van der Waals surface area (Å²) in [6.07, 6.45) is 3.08. The van der Waals surface area contributed by atoms with Crippen molar-refractivity contribution < 1.29 is 0 Å². The van der Waals surface area contributed by atoms with E-state index in [9.17, 15) is 0 Å². The molecule has 0 spiro atoms. The van der Waals surface area contributed by atoms with E-state index in [0.717, 1.165) is 29.9 Å². The average Bonchev–Trinajstić information content (AvgIpc) is 3.30. The smallest absolute Gasteiger partial charge is 0.0659 e. The molecule has 3 heteroatoms. The molecule has 0 saturated heterocycles. The van der Waals surface area contributed by atoms with Gasteiger partial charge >= 0.3 is 0 Å². The van der Waals surface area contributed by atoms with Gasteiger partial charge in [0.15, 0.2) is 0 Å². The number of hydrogen-bond acceptors (Lipinski definition) is 2. The number of hydrazone groups is 1. The van der Waals surface area contributed by atoms with Gasteiger partial charge in [-0.05, 0) is 76.0 Å². The third-order valence-corrected chi connectivity index (χ3v) is 7.52.